The summed E-state index contributed by atoms with van der Waals surface area (Å²) in [6, 6.07) is 6.17. The lowest BCUT2D eigenvalue weighted by Gasteiger charge is -2.13. The molecule has 0 unspecified atom stereocenters. The summed E-state index contributed by atoms with van der Waals surface area (Å²) in [6.07, 6.45) is -4.51. The van der Waals surface area contributed by atoms with Crippen molar-refractivity contribution in [1.29, 1.82) is 0 Å². The van der Waals surface area contributed by atoms with Gasteiger partial charge in [0.15, 0.2) is 5.69 Å². The maximum atomic E-state index is 13.0. The molecule has 0 aliphatic carbocycles. The number of carboxylic acid groups (broad SMARTS) is 1. The van der Waals surface area contributed by atoms with E-state index in [0.717, 1.165) is 12.1 Å². The Balaban J connectivity index is 2.66. The van der Waals surface area contributed by atoms with Crippen LogP contribution >= 0.6 is 0 Å². The molecule has 0 saturated heterocycles. The van der Waals surface area contributed by atoms with E-state index in [0.29, 0.717) is 0 Å². The van der Waals surface area contributed by atoms with Crippen molar-refractivity contribution < 1.29 is 23.1 Å². The minimum absolute atomic E-state index is 0.0816. The molecule has 1 aromatic carbocycles. The molecule has 1 heterocycles. The summed E-state index contributed by atoms with van der Waals surface area (Å²) in [7, 11) is 0. The Morgan fingerprint density at radius 3 is 2.55 bits per heavy atom. The highest BCUT2D eigenvalue weighted by Gasteiger charge is 2.34. The molecule has 7 heteroatoms. The van der Waals surface area contributed by atoms with Crippen LogP contribution in [0.1, 0.15) is 23.0 Å². The average Bonchev–Trinajstić information content (AvgIpc) is 2.82. The number of carbonyl (C=O) groups is 1. The Labute approximate surface area is 112 Å². The second-order valence-electron chi connectivity index (χ2n) is 4.08. The Bertz CT molecular complexity index is 647. The van der Waals surface area contributed by atoms with Crippen molar-refractivity contribution in [3.8, 4) is 11.3 Å². The van der Waals surface area contributed by atoms with E-state index in [1.165, 1.54) is 22.9 Å². The molecule has 0 aliphatic rings. The summed E-state index contributed by atoms with van der Waals surface area (Å²) in [4.78, 5) is 10.9. The van der Waals surface area contributed by atoms with Gasteiger partial charge in [0.05, 0.1) is 11.3 Å². The van der Waals surface area contributed by atoms with E-state index >= 15 is 0 Å². The first kappa shape index (κ1) is 14.1. The van der Waals surface area contributed by atoms with Gasteiger partial charge in [0.25, 0.3) is 0 Å². The van der Waals surface area contributed by atoms with Gasteiger partial charge >= 0.3 is 12.1 Å². The van der Waals surface area contributed by atoms with Crippen LogP contribution in [0.15, 0.2) is 30.3 Å². The lowest BCUT2D eigenvalue weighted by atomic mass is 10.0. The van der Waals surface area contributed by atoms with Crippen molar-refractivity contribution in [1.82, 2.24) is 9.78 Å². The molecule has 2 rings (SSSR count). The van der Waals surface area contributed by atoms with Crippen molar-refractivity contribution in [3.05, 3.63) is 41.6 Å². The molecule has 0 fully saturated rings. The molecule has 1 aromatic heterocycles. The number of nitrogens with zero attached hydrogens (tertiary/aromatic N) is 2. The Morgan fingerprint density at radius 2 is 2.00 bits per heavy atom. The zero-order valence-electron chi connectivity index (χ0n) is 10.5. The molecule has 0 bridgehead atoms. The summed E-state index contributed by atoms with van der Waals surface area (Å²) in [6.45, 7) is 1.95. The maximum Gasteiger partial charge on any atom is 0.417 e. The van der Waals surface area contributed by atoms with E-state index in [2.05, 4.69) is 5.10 Å². The zero-order chi connectivity index (χ0) is 14.9. The van der Waals surface area contributed by atoms with Gasteiger partial charge < -0.3 is 5.11 Å². The third kappa shape index (κ3) is 2.52. The third-order valence-electron chi connectivity index (χ3n) is 2.81. The normalized spacial score (nSPS) is 11.6. The topological polar surface area (TPSA) is 55.1 Å². The van der Waals surface area contributed by atoms with Gasteiger partial charge in [-0.05, 0) is 19.1 Å². The smallest absolute Gasteiger partial charge is 0.417 e. The predicted molar refractivity (Wildman–Crippen MR) is 65.3 cm³/mol. The van der Waals surface area contributed by atoms with Gasteiger partial charge in [0, 0.05) is 12.1 Å². The van der Waals surface area contributed by atoms with Gasteiger partial charge in [-0.15, -0.1) is 0 Å². The molecule has 0 atom stereocenters. The van der Waals surface area contributed by atoms with E-state index in [1.54, 1.807) is 6.92 Å². The first-order chi connectivity index (χ1) is 9.34. The number of aryl methyl sites for hydroxylation is 1. The Hall–Kier alpha value is -2.31. The van der Waals surface area contributed by atoms with Crippen molar-refractivity contribution in [3.63, 3.8) is 0 Å². The number of hydrogen-bond acceptors (Lipinski definition) is 2. The lowest BCUT2D eigenvalue weighted by Crippen LogP contribution is -2.09. The summed E-state index contributed by atoms with van der Waals surface area (Å²) in [5.74, 6) is -1.28. The van der Waals surface area contributed by atoms with Crippen molar-refractivity contribution >= 4 is 5.97 Å². The molecule has 0 saturated carbocycles. The van der Waals surface area contributed by atoms with Crippen LogP contribution in [0.2, 0.25) is 0 Å². The highest BCUT2D eigenvalue weighted by molar-refractivity contribution is 5.87. The quantitative estimate of drug-likeness (QED) is 0.941. The number of hydrogen-bond donors (Lipinski definition) is 1. The number of carboxylic acids is 1. The van der Waals surface area contributed by atoms with Crippen molar-refractivity contribution in [2.75, 3.05) is 0 Å². The molecule has 1 N–H and O–H groups in total. The molecular formula is C13H11F3N2O2. The summed E-state index contributed by atoms with van der Waals surface area (Å²) >= 11 is 0. The second-order valence-corrected chi connectivity index (χ2v) is 4.08. The molecular weight excluding hydrogens is 273 g/mol. The lowest BCUT2D eigenvalue weighted by molar-refractivity contribution is -0.137. The van der Waals surface area contributed by atoms with Crippen molar-refractivity contribution in [2.24, 2.45) is 0 Å². The highest BCUT2D eigenvalue weighted by atomic mass is 19.4. The van der Waals surface area contributed by atoms with Gasteiger partial charge in [-0.3, -0.25) is 4.68 Å². The van der Waals surface area contributed by atoms with Gasteiger partial charge in [0.2, 0.25) is 0 Å². The molecule has 0 amide bonds. The molecule has 0 spiro atoms. The number of aromatic nitrogens is 2. The Morgan fingerprint density at radius 1 is 1.35 bits per heavy atom. The predicted octanol–water partition coefficient (Wildman–Crippen LogP) is 3.29. The molecule has 106 valence electrons. The van der Waals surface area contributed by atoms with E-state index < -0.39 is 17.7 Å². The Kier molecular flexibility index (Phi) is 3.52. The van der Waals surface area contributed by atoms with Gasteiger partial charge in [-0.2, -0.15) is 18.3 Å². The molecule has 4 nitrogen and oxygen atoms in total. The number of alkyl halides is 3. The van der Waals surface area contributed by atoms with Crippen LogP contribution in [0, 0.1) is 0 Å². The minimum Gasteiger partial charge on any atom is -0.476 e. The zero-order valence-corrected chi connectivity index (χ0v) is 10.5. The standard InChI is InChI=1S/C13H11F3N2O2/c1-2-18-11(7-10(17-18)12(19)20)8-5-3-4-6-9(8)13(14,15)16/h3-7H,2H2,1H3,(H,19,20). The summed E-state index contributed by atoms with van der Waals surface area (Å²) in [5.41, 5.74) is -1.04. The van der Waals surface area contributed by atoms with Crippen molar-refractivity contribution in [2.45, 2.75) is 19.6 Å². The molecule has 0 aliphatic heterocycles. The fraction of sp³-hybridized carbons (Fsp3) is 0.231. The number of rotatable bonds is 3. The van der Waals surface area contributed by atoms with Crippen LogP contribution < -0.4 is 0 Å². The van der Waals surface area contributed by atoms with Crippen LogP contribution in [0.25, 0.3) is 11.3 Å². The van der Waals surface area contributed by atoms with Crippen LogP contribution in [-0.4, -0.2) is 20.9 Å². The monoisotopic (exact) mass is 284 g/mol. The SMILES string of the molecule is CCn1nc(C(=O)O)cc1-c1ccccc1C(F)(F)F. The fourth-order valence-electron chi connectivity index (χ4n) is 1.93. The van der Waals surface area contributed by atoms with Gasteiger partial charge in [-0.1, -0.05) is 18.2 Å². The summed E-state index contributed by atoms with van der Waals surface area (Å²) in [5, 5.41) is 12.7. The summed E-state index contributed by atoms with van der Waals surface area (Å²) < 4.78 is 40.2. The number of benzene rings is 1. The fourth-order valence-corrected chi connectivity index (χ4v) is 1.93. The van der Waals surface area contributed by atoms with E-state index in [1.807, 2.05) is 0 Å². The van der Waals surface area contributed by atoms with Crippen LogP contribution in [0.3, 0.4) is 0 Å². The first-order valence-corrected chi connectivity index (χ1v) is 5.82. The third-order valence-corrected chi connectivity index (χ3v) is 2.81. The minimum atomic E-state index is -4.51. The molecule has 0 radical (unpaired) electrons. The van der Waals surface area contributed by atoms with Gasteiger partial charge in [-0.25, -0.2) is 4.79 Å². The van der Waals surface area contributed by atoms with E-state index in [9.17, 15) is 18.0 Å². The first-order valence-electron chi connectivity index (χ1n) is 5.82. The van der Waals surface area contributed by atoms with E-state index in [4.69, 9.17) is 5.11 Å². The largest absolute Gasteiger partial charge is 0.476 e. The second kappa shape index (κ2) is 4.99. The van der Waals surface area contributed by atoms with Crippen LogP contribution in [0.5, 0.6) is 0 Å². The highest BCUT2D eigenvalue weighted by Crippen LogP contribution is 2.37. The number of halogens is 3. The van der Waals surface area contributed by atoms with Crippen LogP contribution in [0.4, 0.5) is 13.2 Å². The molecule has 2 aromatic rings. The average molecular weight is 284 g/mol. The molecule has 20 heavy (non-hydrogen) atoms. The number of aromatic carboxylic acids is 1. The van der Waals surface area contributed by atoms with Crippen LogP contribution in [-0.2, 0) is 12.7 Å². The maximum absolute atomic E-state index is 13.0. The van der Waals surface area contributed by atoms with E-state index in [-0.39, 0.29) is 23.5 Å². The van der Waals surface area contributed by atoms with Gasteiger partial charge in [0.1, 0.15) is 0 Å².